The number of nitrogens with zero attached hydrogens (tertiary/aromatic N) is 1. The number of halogens is 3. The minimum absolute atomic E-state index is 0.0871. The Kier molecular flexibility index (Phi) is 5.17. The lowest BCUT2D eigenvalue weighted by molar-refractivity contribution is 0.498. The van der Waals surface area contributed by atoms with Crippen molar-refractivity contribution in [2.24, 2.45) is 5.84 Å². The van der Waals surface area contributed by atoms with Crippen molar-refractivity contribution in [3.8, 4) is 0 Å². The lowest BCUT2D eigenvalue weighted by atomic mass is 10.0. The molecule has 2 rings (SSSR count). The highest BCUT2D eigenvalue weighted by Crippen LogP contribution is 2.14. The molecule has 0 fully saturated rings. The molecule has 1 aromatic heterocycles. The van der Waals surface area contributed by atoms with Crippen molar-refractivity contribution in [1.82, 2.24) is 10.4 Å². The number of rotatable bonds is 5. The molecule has 1 atom stereocenters. The van der Waals surface area contributed by atoms with Crippen molar-refractivity contribution in [3.63, 3.8) is 0 Å². The van der Waals surface area contributed by atoms with E-state index in [1.165, 1.54) is 6.07 Å². The van der Waals surface area contributed by atoms with Gasteiger partial charge in [0.2, 0.25) is 0 Å². The summed E-state index contributed by atoms with van der Waals surface area (Å²) in [5, 5.41) is 0. The number of nitrogens with two attached hydrogens (primary N) is 1. The van der Waals surface area contributed by atoms with E-state index in [9.17, 15) is 8.78 Å². The van der Waals surface area contributed by atoms with Crippen LogP contribution in [0.15, 0.2) is 41.1 Å². The SMILES string of the molecule is NNC(Cc1cncc(Br)c1)Cc1ccc(F)c(F)c1. The van der Waals surface area contributed by atoms with E-state index in [2.05, 4.69) is 26.3 Å². The first-order chi connectivity index (χ1) is 9.58. The van der Waals surface area contributed by atoms with E-state index >= 15 is 0 Å². The third kappa shape index (κ3) is 4.06. The van der Waals surface area contributed by atoms with Gasteiger partial charge in [-0.15, -0.1) is 0 Å². The van der Waals surface area contributed by atoms with Crippen molar-refractivity contribution in [3.05, 3.63) is 63.9 Å². The van der Waals surface area contributed by atoms with Crippen molar-refractivity contribution >= 4 is 15.9 Å². The van der Waals surface area contributed by atoms with Gasteiger partial charge in [0, 0.05) is 22.9 Å². The molecular weight excluding hydrogens is 328 g/mol. The first-order valence-electron chi connectivity index (χ1n) is 6.08. The van der Waals surface area contributed by atoms with Gasteiger partial charge in [0.15, 0.2) is 11.6 Å². The third-order valence-electron chi connectivity index (χ3n) is 2.95. The number of hydrazine groups is 1. The molecule has 0 aliphatic heterocycles. The molecule has 0 aliphatic carbocycles. The highest BCUT2D eigenvalue weighted by molar-refractivity contribution is 9.10. The van der Waals surface area contributed by atoms with Crippen molar-refractivity contribution < 1.29 is 8.78 Å². The smallest absolute Gasteiger partial charge is 0.159 e. The molecule has 0 amide bonds. The molecule has 20 heavy (non-hydrogen) atoms. The molecule has 1 aromatic carbocycles. The van der Waals surface area contributed by atoms with E-state index in [1.807, 2.05) is 6.07 Å². The standard InChI is InChI=1S/C14H14BrF2N3/c15-11-3-10(7-19-8-11)5-12(20-18)4-9-1-2-13(16)14(17)6-9/h1-3,6-8,12,20H,4-5,18H2. The van der Waals surface area contributed by atoms with E-state index in [4.69, 9.17) is 5.84 Å². The van der Waals surface area contributed by atoms with Gasteiger partial charge >= 0.3 is 0 Å². The van der Waals surface area contributed by atoms with E-state index in [0.717, 1.165) is 16.1 Å². The van der Waals surface area contributed by atoms with Crippen molar-refractivity contribution in [2.75, 3.05) is 0 Å². The predicted octanol–water partition coefficient (Wildman–Crippen LogP) is 2.74. The number of benzene rings is 1. The second kappa shape index (κ2) is 6.88. The second-order valence-electron chi connectivity index (χ2n) is 4.53. The van der Waals surface area contributed by atoms with Crippen LogP contribution in [-0.4, -0.2) is 11.0 Å². The largest absolute Gasteiger partial charge is 0.271 e. The van der Waals surface area contributed by atoms with Crippen LogP contribution in [0.2, 0.25) is 0 Å². The lowest BCUT2D eigenvalue weighted by Crippen LogP contribution is -2.38. The molecule has 3 nitrogen and oxygen atoms in total. The molecule has 0 bridgehead atoms. The Morgan fingerprint density at radius 3 is 2.50 bits per heavy atom. The first kappa shape index (κ1) is 15.0. The Labute approximate surface area is 124 Å². The molecule has 1 unspecified atom stereocenters. The maximum Gasteiger partial charge on any atom is 0.159 e. The van der Waals surface area contributed by atoms with E-state index in [0.29, 0.717) is 18.4 Å². The summed E-state index contributed by atoms with van der Waals surface area (Å²) in [6, 6.07) is 5.73. The van der Waals surface area contributed by atoms with Gasteiger partial charge in [0.05, 0.1) is 0 Å². The van der Waals surface area contributed by atoms with Crippen LogP contribution in [-0.2, 0) is 12.8 Å². The van der Waals surface area contributed by atoms with Crippen molar-refractivity contribution in [2.45, 2.75) is 18.9 Å². The molecule has 3 N–H and O–H groups in total. The van der Waals surface area contributed by atoms with Gasteiger partial charge in [0.1, 0.15) is 0 Å². The minimum Gasteiger partial charge on any atom is -0.271 e. The molecule has 6 heteroatoms. The lowest BCUT2D eigenvalue weighted by Gasteiger charge is -2.16. The zero-order valence-electron chi connectivity index (χ0n) is 10.6. The summed E-state index contributed by atoms with van der Waals surface area (Å²) in [4.78, 5) is 4.08. The average molecular weight is 342 g/mol. The summed E-state index contributed by atoms with van der Waals surface area (Å²) in [7, 11) is 0. The van der Waals surface area contributed by atoms with Crippen LogP contribution in [0.3, 0.4) is 0 Å². The van der Waals surface area contributed by atoms with E-state index in [-0.39, 0.29) is 6.04 Å². The molecule has 0 aliphatic rings. The summed E-state index contributed by atoms with van der Waals surface area (Å²) in [6.07, 6.45) is 4.59. The van der Waals surface area contributed by atoms with Gasteiger partial charge in [-0.05, 0) is 58.1 Å². The van der Waals surface area contributed by atoms with E-state index < -0.39 is 11.6 Å². The first-order valence-corrected chi connectivity index (χ1v) is 6.87. The topological polar surface area (TPSA) is 50.9 Å². The molecule has 106 valence electrons. The normalized spacial score (nSPS) is 12.4. The van der Waals surface area contributed by atoms with E-state index in [1.54, 1.807) is 18.5 Å². The summed E-state index contributed by atoms with van der Waals surface area (Å²) in [5.41, 5.74) is 4.39. The Morgan fingerprint density at radius 1 is 1.10 bits per heavy atom. The average Bonchev–Trinajstić information content (AvgIpc) is 2.42. The molecule has 0 saturated heterocycles. The van der Waals surface area contributed by atoms with Crippen LogP contribution >= 0.6 is 15.9 Å². The van der Waals surface area contributed by atoms with Crippen LogP contribution in [0.1, 0.15) is 11.1 Å². The van der Waals surface area contributed by atoms with Crippen LogP contribution in [0, 0.1) is 11.6 Å². The maximum absolute atomic E-state index is 13.2. The summed E-state index contributed by atoms with van der Waals surface area (Å²) in [5.74, 6) is 3.83. The van der Waals surface area contributed by atoms with Crippen molar-refractivity contribution in [1.29, 1.82) is 0 Å². The van der Waals surface area contributed by atoms with Gasteiger partial charge in [-0.1, -0.05) is 6.07 Å². The number of hydrogen-bond acceptors (Lipinski definition) is 3. The summed E-state index contributed by atoms with van der Waals surface area (Å²) < 4.78 is 26.9. The van der Waals surface area contributed by atoms with Crippen LogP contribution in [0.5, 0.6) is 0 Å². The molecular formula is C14H14BrF2N3. The number of hydrogen-bond donors (Lipinski definition) is 2. The van der Waals surface area contributed by atoms with Gasteiger partial charge in [-0.25, -0.2) is 8.78 Å². The maximum atomic E-state index is 13.2. The third-order valence-corrected chi connectivity index (χ3v) is 3.38. The fourth-order valence-electron chi connectivity index (χ4n) is 1.99. The minimum atomic E-state index is -0.845. The summed E-state index contributed by atoms with van der Waals surface area (Å²) in [6.45, 7) is 0. The molecule has 0 radical (unpaired) electrons. The number of nitrogens with one attached hydrogen (secondary N) is 1. The summed E-state index contributed by atoms with van der Waals surface area (Å²) >= 11 is 3.35. The monoisotopic (exact) mass is 341 g/mol. The Morgan fingerprint density at radius 2 is 1.85 bits per heavy atom. The highest BCUT2D eigenvalue weighted by atomic mass is 79.9. The fraction of sp³-hybridized carbons (Fsp3) is 0.214. The fourth-order valence-corrected chi connectivity index (χ4v) is 2.41. The highest BCUT2D eigenvalue weighted by Gasteiger charge is 2.11. The number of aromatic nitrogens is 1. The van der Waals surface area contributed by atoms with Crippen LogP contribution in [0.25, 0.3) is 0 Å². The number of pyridine rings is 1. The molecule has 0 saturated carbocycles. The van der Waals surface area contributed by atoms with Gasteiger partial charge in [-0.2, -0.15) is 0 Å². The molecule has 0 spiro atoms. The quantitative estimate of drug-likeness (QED) is 0.649. The Balaban J connectivity index is 2.07. The Bertz CT molecular complexity index is 592. The Hall–Kier alpha value is -1.37. The van der Waals surface area contributed by atoms with Crippen LogP contribution in [0.4, 0.5) is 8.78 Å². The van der Waals surface area contributed by atoms with Gasteiger partial charge < -0.3 is 0 Å². The van der Waals surface area contributed by atoms with Gasteiger partial charge in [0.25, 0.3) is 0 Å². The zero-order chi connectivity index (χ0) is 14.5. The predicted molar refractivity (Wildman–Crippen MR) is 76.8 cm³/mol. The second-order valence-corrected chi connectivity index (χ2v) is 5.45. The molecule has 1 heterocycles. The zero-order valence-corrected chi connectivity index (χ0v) is 12.2. The van der Waals surface area contributed by atoms with Crippen LogP contribution < -0.4 is 11.3 Å². The molecule has 2 aromatic rings. The van der Waals surface area contributed by atoms with Gasteiger partial charge in [-0.3, -0.25) is 16.3 Å².